The number of nitrogens with zero attached hydrogens (tertiary/aromatic N) is 2. The third-order valence-electron chi connectivity index (χ3n) is 6.54. The number of amides is 2. The minimum atomic E-state index is -0.804. The van der Waals surface area contributed by atoms with Gasteiger partial charge in [-0.2, -0.15) is 0 Å². The first-order valence-electron chi connectivity index (χ1n) is 10.8. The molecule has 2 aliphatic rings. The van der Waals surface area contributed by atoms with Crippen LogP contribution in [0.3, 0.4) is 0 Å². The van der Waals surface area contributed by atoms with Gasteiger partial charge in [0.25, 0.3) is 0 Å². The Labute approximate surface area is 180 Å². The van der Waals surface area contributed by atoms with E-state index in [1.165, 1.54) is 0 Å². The van der Waals surface area contributed by atoms with E-state index in [-0.39, 0.29) is 23.9 Å². The molecule has 0 saturated carbocycles. The molecule has 30 heavy (non-hydrogen) atoms. The van der Waals surface area contributed by atoms with Crippen LogP contribution in [0.5, 0.6) is 0 Å². The second kappa shape index (κ2) is 7.56. The molecule has 1 aromatic rings. The van der Waals surface area contributed by atoms with Crippen molar-refractivity contribution in [2.24, 2.45) is 11.3 Å². The molecule has 0 aliphatic carbocycles. The first-order chi connectivity index (χ1) is 13.8. The normalized spacial score (nSPS) is 28.6. The third kappa shape index (κ3) is 3.82. The van der Waals surface area contributed by atoms with Gasteiger partial charge in [-0.25, -0.2) is 4.79 Å². The lowest BCUT2D eigenvalue weighted by Crippen LogP contribution is -2.75. The van der Waals surface area contributed by atoms with E-state index in [1.54, 1.807) is 4.90 Å². The summed E-state index contributed by atoms with van der Waals surface area (Å²) in [6.45, 7) is 16.4. The number of carbonyl (C=O) groups excluding carboxylic acids is 2. The number of ether oxygens (including phenoxy) is 2. The number of carbonyl (C=O) groups is 2. The van der Waals surface area contributed by atoms with E-state index in [2.05, 4.69) is 13.8 Å². The first-order valence-corrected chi connectivity index (χ1v) is 10.8. The highest BCUT2D eigenvalue weighted by Gasteiger charge is 2.65. The Morgan fingerprint density at radius 3 is 2.33 bits per heavy atom. The summed E-state index contributed by atoms with van der Waals surface area (Å²) in [6.07, 6.45) is -0.403. The molecule has 6 heteroatoms. The van der Waals surface area contributed by atoms with Gasteiger partial charge in [0.05, 0.1) is 24.1 Å². The first kappa shape index (κ1) is 22.6. The topological polar surface area (TPSA) is 59.1 Å². The Kier molecular flexibility index (Phi) is 5.69. The van der Waals surface area contributed by atoms with Crippen molar-refractivity contribution in [3.05, 3.63) is 35.9 Å². The van der Waals surface area contributed by atoms with Crippen LogP contribution in [-0.4, -0.2) is 51.8 Å². The molecular formula is C24H36N2O4. The molecule has 0 spiro atoms. The molecule has 2 amide bonds. The number of hydrogen-bond donors (Lipinski definition) is 0. The van der Waals surface area contributed by atoms with Gasteiger partial charge in [0.15, 0.2) is 0 Å². The highest BCUT2D eigenvalue weighted by Crippen LogP contribution is 2.50. The van der Waals surface area contributed by atoms with Crippen molar-refractivity contribution < 1.29 is 19.1 Å². The Morgan fingerprint density at radius 1 is 1.20 bits per heavy atom. The van der Waals surface area contributed by atoms with Crippen LogP contribution in [0.2, 0.25) is 0 Å². The van der Waals surface area contributed by atoms with Crippen LogP contribution in [0, 0.1) is 11.3 Å². The zero-order chi connectivity index (χ0) is 22.5. The van der Waals surface area contributed by atoms with Crippen LogP contribution in [0.15, 0.2) is 30.3 Å². The molecule has 0 unspecified atom stereocenters. The molecule has 3 rings (SSSR count). The van der Waals surface area contributed by atoms with E-state index in [0.29, 0.717) is 13.2 Å². The van der Waals surface area contributed by atoms with Gasteiger partial charge < -0.3 is 14.4 Å². The van der Waals surface area contributed by atoms with Gasteiger partial charge in [-0.1, -0.05) is 44.2 Å². The summed E-state index contributed by atoms with van der Waals surface area (Å²) in [7, 11) is 0. The molecule has 3 atom stereocenters. The lowest BCUT2D eigenvalue weighted by molar-refractivity contribution is -0.185. The fourth-order valence-electron chi connectivity index (χ4n) is 4.70. The predicted octanol–water partition coefficient (Wildman–Crippen LogP) is 4.43. The van der Waals surface area contributed by atoms with Crippen LogP contribution in [0.4, 0.5) is 4.79 Å². The Bertz CT molecular complexity index is 799. The van der Waals surface area contributed by atoms with E-state index in [1.807, 2.05) is 76.8 Å². The SMILES string of the molecule is CC(C)[C@@]1(C)C(=O)N(Cc2ccccc2)[C@@H]1[C@@H]1COC(C)(C)N1C(=O)OC(C)(C)C. The van der Waals surface area contributed by atoms with Gasteiger partial charge in [0, 0.05) is 6.54 Å². The van der Waals surface area contributed by atoms with Gasteiger partial charge in [-0.05, 0) is 53.0 Å². The van der Waals surface area contributed by atoms with E-state index in [4.69, 9.17) is 9.47 Å². The summed E-state index contributed by atoms with van der Waals surface area (Å²) in [5.41, 5.74) is -0.907. The molecule has 0 radical (unpaired) electrons. The monoisotopic (exact) mass is 416 g/mol. The molecule has 6 nitrogen and oxygen atoms in total. The zero-order valence-corrected chi connectivity index (χ0v) is 19.6. The summed E-state index contributed by atoms with van der Waals surface area (Å²) in [5.74, 6) is 0.256. The molecule has 1 aromatic carbocycles. The molecule has 2 aliphatic heterocycles. The molecule has 166 valence electrons. The largest absolute Gasteiger partial charge is 0.444 e. The minimum absolute atomic E-state index is 0.125. The minimum Gasteiger partial charge on any atom is -0.444 e. The lowest BCUT2D eigenvalue weighted by Gasteiger charge is -2.59. The number of hydrogen-bond acceptors (Lipinski definition) is 4. The lowest BCUT2D eigenvalue weighted by atomic mass is 9.62. The maximum absolute atomic E-state index is 13.3. The van der Waals surface area contributed by atoms with Crippen LogP contribution in [0.25, 0.3) is 0 Å². The van der Waals surface area contributed by atoms with Crippen molar-refractivity contribution in [2.45, 2.75) is 85.3 Å². The van der Waals surface area contributed by atoms with Crippen molar-refractivity contribution in [1.82, 2.24) is 9.80 Å². The summed E-state index contributed by atoms with van der Waals surface area (Å²) < 4.78 is 11.8. The maximum Gasteiger partial charge on any atom is 0.412 e. The molecule has 0 bridgehead atoms. The highest BCUT2D eigenvalue weighted by atomic mass is 16.6. The fraction of sp³-hybridized carbons (Fsp3) is 0.667. The second-order valence-electron chi connectivity index (χ2n) is 10.5. The summed E-state index contributed by atoms with van der Waals surface area (Å²) in [5, 5.41) is 0. The summed E-state index contributed by atoms with van der Waals surface area (Å²) >= 11 is 0. The van der Waals surface area contributed by atoms with Crippen molar-refractivity contribution in [1.29, 1.82) is 0 Å². The van der Waals surface area contributed by atoms with Crippen molar-refractivity contribution in [3.63, 3.8) is 0 Å². The van der Waals surface area contributed by atoms with Crippen molar-refractivity contribution in [3.8, 4) is 0 Å². The van der Waals surface area contributed by atoms with Crippen LogP contribution >= 0.6 is 0 Å². The summed E-state index contributed by atoms with van der Waals surface area (Å²) in [6, 6.07) is 9.54. The van der Waals surface area contributed by atoms with Crippen molar-refractivity contribution >= 4 is 12.0 Å². The number of benzene rings is 1. The zero-order valence-electron chi connectivity index (χ0n) is 19.6. The van der Waals surface area contributed by atoms with E-state index >= 15 is 0 Å². The van der Waals surface area contributed by atoms with Gasteiger partial charge >= 0.3 is 6.09 Å². The quantitative estimate of drug-likeness (QED) is 0.681. The maximum atomic E-state index is 13.3. The molecule has 2 saturated heterocycles. The fourth-order valence-corrected chi connectivity index (χ4v) is 4.70. The molecule has 2 fully saturated rings. The van der Waals surface area contributed by atoms with Gasteiger partial charge in [0.1, 0.15) is 11.3 Å². The second-order valence-corrected chi connectivity index (χ2v) is 10.5. The van der Waals surface area contributed by atoms with E-state index in [9.17, 15) is 9.59 Å². The molecular weight excluding hydrogens is 380 g/mol. The smallest absolute Gasteiger partial charge is 0.412 e. The van der Waals surface area contributed by atoms with E-state index in [0.717, 1.165) is 5.56 Å². The van der Waals surface area contributed by atoms with Crippen LogP contribution in [-0.2, 0) is 20.8 Å². The van der Waals surface area contributed by atoms with E-state index < -0.39 is 22.8 Å². The Balaban J connectivity index is 1.96. The Morgan fingerprint density at radius 2 is 1.80 bits per heavy atom. The third-order valence-corrected chi connectivity index (χ3v) is 6.54. The average molecular weight is 417 g/mol. The number of likely N-dealkylation sites (tertiary alicyclic amines) is 1. The van der Waals surface area contributed by atoms with Gasteiger partial charge in [0.2, 0.25) is 5.91 Å². The van der Waals surface area contributed by atoms with Crippen LogP contribution < -0.4 is 0 Å². The van der Waals surface area contributed by atoms with Crippen molar-refractivity contribution in [2.75, 3.05) is 6.61 Å². The van der Waals surface area contributed by atoms with Gasteiger partial charge in [-0.3, -0.25) is 9.69 Å². The summed E-state index contributed by atoms with van der Waals surface area (Å²) in [4.78, 5) is 30.1. The molecule has 0 aromatic heterocycles. The van der Waals surface area contributed by atoms with Gasteiger partial charge in [-0.15, -0.1) is 0 Å². The Hall–Kier alpha value is -2.08. The van der Waals surface area contributed by atoms with Crippen LogP contribution in [0.1, 0.15) is 61.0 Å². The average Bonchev–Trinajstić information content (AvgIpc) is 2.94. The molecule has 0 N–H and O–H groups in total. The standard InChI is InChI=1S/C24H36N2O4/c1-16(2)24(8)19(25(20(24)27)14-17-12-10-9-11-13-17)18-15-29-23(6,7)26(18)21(28)30-22(3,4)5/h9-13,16,18-19H,14-15H2,1-8H3/t18-,19+,24+/m0/s1. The number of rotatable bonds is 4. The highest BCUT2D eigenvalue weighted by molar-refractivity contribution is 5.90. The molecule has 2 heterocycles. The predicted molar refractivity (Wildman–Crippen MR) is 116 cm³/mol. The number of β-lactam (4-membered cyclic amide) rings is 1.